The molecule has 0 radical (unpaired) electrons. The number of allylic oxidation sites excluding steroid dienone is 1. The number of ether oxygens (including phenoxy) is 3. The standard InChI is InChI=1S/C39H39N3O5S/c1-8-46-38(44)35-25(5)40-39-42(36(35)29-16-19-32(47-23(2)3)33(21-29)45-7)37(43)34(48-39)22-30-20-24(4)41(26(30)6)31-17-14-28(15-18-31)27-12-10-9-11-13-27/h9-23,36H,8H2,1-7H3/b34-22+/t36-/m1/s1. The molecule has 0 saturated carbocycles. The topological polar surface area (TPSA) is 84.1 Å². The Kier molecular flexibility index (Phi) is 9.24. The van der Waals surface area contributed by atoms with Gasteiger partial charge in [0.1, 0.15) is 0 Å². The fourth-order valence-electron chi connectivity index (χ4n) is 6.22. The van der Waals surface area contributed by atoms with Crippen LogP contribution >= 0.6 is 11.3 Å². The van der Waals surface area contributed by atoms with Crippen LogP contribution in [0.4, 0.5) is 0 Å². The van der Waals surface area contributed by atoms with E-state index >= 15 is 0 Å². The molecular weight excluding hydrogens is 623 g/mol. The van der Waals surface area contributed by atoms with Crippen molar-refractivity contribution >= 4 is 23.4 Å². The lowest BCUT2D eigenvalue weighted by Gasteiger charge is -2.25. The van der Waals surface area contributed by atoms with Crippen molar-refractivity contribution in [2.45, 2.75) is 53.7 Å². The smallest absolute Gasteiger partial charge is 0.338 e. The Hall–Kier alpha value is -5.15. The van der Waals surface area contributed by atoms with Gasteiger partial charge in [-0.25, -0.2) is 9.79 Å². The van der Waals surface area contributed by atoms with Crippen LogP contribution in [0.25, 0.3) is 22.9 Å². The van der Waals surface area contributed by atoms with E-state index in [4.69, 9.17) is 19.2 Å². The zero-order valence-electron chi connectivity index (χ0n) is 28.2. The molecule has 246 valence electrons. The summed E-state index contributed by atoms with van der Waals surface area (Å²) in [6.45, 7) is 11.7. The molecule has 0 spiro atoms. The molecule has 48 heavy (non-hydrogen) atoms. The molecule has 9 heteroatoms. The largest absolute Gasteiger partial charge is 0.493 e. The summed E-state index contributed by atoms with van der Waals surface area (Å²) in [6.07, 6.45) is 1.86. The summed E-state index contributed by atoms with van der Waals surface area (Å²) >= 11 is 1.30. The SMILES string of the molecule is CCOC(=O)C1=C(C)N=c2s/c(=C/c3cc(C)n(-c4ccc(-c5ccccc5)cc4)c3C)c(=O)n2[C@@H]1c1ccc(OC(C)C)c(OC)c1. The van der Waals surface area contributed by atoms with Crippen molar-refractivity contribution in [1.82, 2.24) is 9.13 Å². The van der Waals surface area contributed by atoms with Gasteiger partial charge in [0.05, 0.1) is 41.7 Å². The molecule has 0 unspecified atom stereocenters. The Balaban J connectivity index is 1.45. The lowest BCUT2D eigenvalue weighted by molar-refractivity contribution is -0.139. The highest BCUT2D eigenvalue weighted by molar-refractivity contribution is 7.07. The minimum Gasteiger partial charge on any atom is -0.493 e. The van der Waals surface area contributed by atoms with Crippen LogP contribution in [0.5, 0.6) is 11.5 Å². The van der Waals surface area contributed by atoms with Gasteiger partial charge in [0, 0.05) is 17.1 Å². The fraction of sp³-hybridized carbons (Fsp3) is 0.256. The van der Waals surface area contributed by atoms with E-state index in [1.807, 2.05) is 56.3 Å². The average Bonchev–Trinajstić information content (AvgIpc) is 3.53. The van der Waals surface area contributed by atoms with Gasteiger partial charge in [-0.05, 0) is 100 Å². The number of aryl methyl sites for hydroxylation is 1. The minimum atomic E-state index is -0.764. The molecule has 8 nitrogen and oxygen atoms in total. The second kappa shape index (κ2) is 13.5. The van der Waals surface area contributed by atoms with Gasteiger partial charge in [0.25, 0.3) is 5.56 Å². The number of benzene rings is 3. The number of aromatic nitrogens is 2. The molecule has 5 aromatic rings. The number of thiazole rings is 1. The highest BCUT2D eigenvalue weighted by atomic mass is 32.1. The van der Waals surface area contributed by atoms with Crippen LogP contribution in [0, 0.1) is 13.8 Å². The maximum absolute atomic E-state index is 14.3. The number of esters is 1. The lowest BCUT2D eigenvalue weighted by atomic mass is 9.95. The van der Waals surface area contributed by atoms with Crippen molar-refractivity contribution in [2.24, 2.45) is 4.99 Å². The molecule has 1 aliphatic rings. The van der Waals surface area contributed by atoms with E-state index in [1.165, 1.54) is 16.9 Å². The number of fused-ring (bicyclic) bond motifs is 1. The van der Waals surface area contributed by atoms with Crippen LogP contribution in [0.3, 0.4) is 0 Å². The lowest BCUT2D eigenvalue weighted by Crippen LogP contribution is -2.40. The molecule has 0 amide bonds. The molecule has 0 aliphatic carbocycles. The first-order chi connectivity index (χ1) is 23.1. The molecule has 2 aromatic heterocycles. The predicted molar refractivity (Wildman–Crippen MR) is 190 cm³/mol. The monoisotopic (exact) mass is 661 g/mol. The zero-order valence-corrected chi connectivity index (χ0v) is 29.1. The molecule has 0 bridgehead atoms. The maximum atomic E-state index is 14.3. The third kappa shape index (κ3) is 6.13. The molecule has 1 atom stereocenters. The molecule has 0 saturated heterocycles. The van der Waals surface area contributed by atoms with Crippen molar-refractivity contribution in [3.63, 3.8) is 0 Å². The van der Waals surface area contributed by atoms with Crippen molar-refractivity contribution < 1.29 is 19.0 Å². The van der Waals surface area contributed by atoms with Gasteiger partial charge in [0.2, 0.25) is 0 Å². The molecule has 6 rings (SSSR count). The Morgan fingerprint density at radius 2 is 1.67 bits per heavy atom. The van der Waals surface area contributed by atoms with Gasteiger partial charge in [-0.2, -0.15) is 0 Å². The van der Waals surface area contributed by atoms with E-state index in [0.29, 0.717) is 37.7 Å². The summed E-state index contributed by atoms with van der Waals surface area (Å²) in [7, 11) is 1.57. The van der Waals surface area contributed by atoms with Gasteiger partial charge < -0.3 is 18.8 Å². The predicted octanol–water partition coefficient (Wildman–Crippen LogP) is 6.67. The van der Waals surface area contributed by atoms with Gasteiger partial charge in [-0.3, -0.25) is 9.36 Å². The number of hydrogen-bond acceptors (Lipinski definition) is 7. The van der Waals surface area contributed by atoms with Crippen LogP contribution < -0.4 is 24.4 Å². The second-order valence-corrected chi connectivity index (χ2v) is 13.0. The molecule has 1 aliphatic heterocycles. The Morgan fingerprint density at radius 3 is 2.33 bits per heavy atom. The van der Waals surface area contributed by atoms with Crippen LogP contribution in [0.2, 0.25) is 0 Å². The van der Waals surface area contributed by atoms with Gasteiger partial charge in [-0.1, -0.05) is 59.9 Å². The number of carbonyl (C=O) groups excluding carboxylic acids is 1. The van der Waals surface area contributed by atoms with E-state index in [9.17, 15) is 9.59 Å². The number of rotatable bonds is 9. The molecule has 0 N–H and O–H groups in total. The van der Waals surface area contributed by atoms with Crippen molar-refractivity contribution in [2.75, 3.05) is 13.7 Å². The van der Waals surface area contributed by atoms with E-state index in [-0.39, 0.29) is 18.3 Å². The van der Waals surface area contributed by atoms with E-state index in [2.05, 4.69) is 60.9 Å². The molecule has 3 heterocycles. The molecular formula is C39H39N3O5S. The van der Waals surface area contributed by atoms with Crippen molar-refractivity contribution in [3.05, 3.63) is 132 Å². The van der Waals surface area contributed by atoms with Gasteiger partial charge >= 0.3 is 5.97 Å². The summed E-state index contributed by atoms with van der Waals surface area (Å²) in [6, 6.07) is 25.6. The normalized spacial score (nSPS) is 14.6. The van der Waals surface area contributed by atoms with Crippen LogP contribution in [-0.2, 0) is 9.53 Å². The Morgan fingerprint density at radius 1 is 0.958 bits per heavy atom. The summed E-state index contributed by atoms with van der Waals surface area (Å²) in [5, 5.41) is 0. The maximum Gasteiger partial charge on any atom is 0.338 e. The first-order valence-corrected chi connectivity index (χ1v) is 16.8. The average molecular weight is 662 g/mol. The number of nitrogens with zero attached hydrogens (tertiary/aromatic N) is 3. The molecule has 3 aromatic carbocycles. The van der Waals surface area contributed by atoms with Gasteiger partial charge in [0.15, 0.2) is 16.3 Å². The fourth-order valence-corrected chi connectivity index (χ4v) is 7.26. The van der Waals surface area contributed by atoms with Crippen molar-refractivity contribution in [1.29, 1.82) is 0 Å². The summed E-state index contributed by atoms with van der Waals surface area (Å²) in [5.74, 6) is 0.568. The number of methoxy groups -OCH3 is 1. The zero-order chi connectivity index (χ0) is 34.1. The van der Waals surface area contributed by atoms with Crippen LogP contribution in [0.1, 0.15) is 56.3 Å². The quantitative estimate of drug-likeness (QED) is 0.165. The third-order valence-corrected chi connectivity index (χ3v) is 9.36. The van der Waals surface area contributed by atoms with Crippen LogP contribution in [0.15, 0.2) is 99.9 Å². The second-order valence-electron chi connectivity index (χ2n) is 12.0. The number of hydrogen-bond donors (Lipinski definition) is 0. The Bertz CT molecular complexity index is 2210. The van der Waals surface area contributed by atoms with E-state index < -0.39 is 12.0 Å². The minimum absolute atomic E-state index is 0.0599. The number of carbonyl (C=O) groups is 1. The highest BCUT2D eigenvalue weighted by Crippen LogP contribution is 2.36. The highest BCUT2D eigenvalue weighted by Gasteiger charge is 2.34. The first-order valence-electron chi connectivity index (χ1n) is 16.0. The Labute approximate surface area is 283 Å². The van der Waals surface area contributed by atoms with Crippen LogP contribution in [-0.4, -0.2) is 34.9 Å². The van der Waals surface area contributed by atoms with Crippen molar-refractivity contribution in [3.8, 4) is 28.3 Å². The van der Waals surface area contributed by atoms with E-state index in [1.54, 1.807) is 25.5 Å². The summed E-state index contributed by atoms with van der Waals surface area (Å²) < 4.78 is 21.4. The van der Waals surface area contributed by atoms with Gasteiger partial charge in [-0.15, -0.1) is 0 Å². The van der Waals surface area contributed by atoms with E-state index in [0.717, 1.165) is 28.2 Å². The first kappa shape index (κ1) is 32.8. The summed E-state index contributed by atoms with van der Waals surface area (Å²) in [4.78, 5) is 32.9. The summed E-state index contributed by atoms with van der Waals surface area (Å²) in [5.41, 5.74) is 7.61. The molecule has 0 fully saturated rings. The third-order valence-electron chi connectivity index (χ3n) is 8.37.